The van der Waals surface area contributed by atoms with Gasteiger partial charge in [-0.1, -0.05) is 6.08 Å². The van der Waals surface area contributed by atoms with Gasteiger partial charge in [-0.25, -0.2) is 0 Å². The molecule has 1 heterocycles. The first-order valence-corrected chi connectivity index (χ1v) is 3.49. The van der Waals surface area contributed by atoms with Crippen molar-refractivity contribution in [2.75, 3.05) is 0 Å². The van der Waals surface area contributed by atoms with E-state index in [-0.39, 0.29) is 19.5 Å². The maximum absolute atomic E-state index is 3.64. The first kappa shape index (κ1) is 9.06. The van der Waals surface area contributed by atoms with Gasteiger partial charge < -0.3 is 0 Å². The molecule has 1 rings (SSSR count). The Balaban J connectivity index is 0.000000640. The second-order valence-electron chi connectivity index (χ2n) is 1.62. The first-order valence-electron chi connectivity index (χ1n) is 2.55. The minimum absolute atomic E-state index is 0. The summed E-state index contributed by atoms with van der Waals surface area (Å²) in [4.78, 5) is 0. The summed E-state index contributed by atoms with van der Waals surface area (Å²) < 4.78 is 0. The van der Waals surface area contributed by atoms with E-state index in [9.17, 15) is 0 Å². The van der Waals surface area contributed by atoms with Crippen LogP contribution in [-0.2, 0) is 25.9 Å². The third kappa shape index (κ3) is 2.93. The molecule has 0 aromatic carbocycles. The van der Waals surface area contributed by atoms with Crippen molar-refractivity contribution in [3.63, 3.8) is 0 Å². The van der Waals surface area contributed by atoms with Crippen molar-refractivity contribution in [1.82, 2.24) is 0 Å². The van der Waals surface area contributed by atoms with Crippen molar-refractivity contribution < 1.29 is 19.5 Å². The maximum atomic E-state index is 3.64. The monoisotopic (exact) mass is 188 g/mol. The van der Waals surface area contributed by atoms with E-state index in [0.717, 1.165) is 6.42 Å². The van der Waals surface area contributed by atoms with Crippen LogP contribution in [0, 0.1) is 0 Å². The number of hydrogen-bond acceptors (Lipinski definition) is 1. The van der Waals surface area contributed by atoms with Crippen molar-refractivity contribution in [3.8, 4) is 0 Å². The summed E-state index contributed by atoms with van der Waals surface area (Å²) in [6.45, 7) is 3.64. The van der Waals surface area contributed by atoms with Crippen LogP contribution >= 0.6 is 11.3 Å². The van der Waals surface area contributed by atoms with Crippen LogP contribution < -0.4 is 0 Å². The van der Waals surface area contributed by atoms with Crippen LogP contribution in [0.1, 0.15) is 5.56 Å². The van der Waals surface area contributed by atoms with Crippen LogP contribution in [0.4, 0.5) is 0 Å². The molecule has 0 saturated heterocycles. The Bertz CT molecular complexity index is 155. The zero-order valence-electron chi connectivity index (χ0n) is 5.34. The average Bonchev–Trinajstić information content (AvgIpc) is 2.19. The van der Waals surface area contributed by atoms with Gasteiger partial charge in [0, 0.05) is 19.5 Å². The van der Waals surface area contributed by atoms with E-state index in [2.05, 4.69) is 23.4 Å². The van der Waals surface area contributed by atoms with Crippen LogP contribution in [0.2, 0.25) is 0 Å². The molecule has 0 aliphatic rings. The van der Waals surface area contributed by atoms with Crippen molar-refractivity contribution in [2.45, 2.75) is 6.42 Å². The Labute approximate surface area is 72.4 Å². The van der Waals surface area contributed by atoms with Gasteiger partial charge in [-0.15, -0.1) is 6.58 Å². The normalized spacial score (nSPS) is 8.00. The summed E-state index contributed by atoms with van der Waals surface area (Å²) in [6.07, 6.45) is 2.92. The molecule has 9 heavy (non-hydrogen) atoms. The molecule has 0 nitrogen and oxygen atoms in total. The van der Waals surface area contributed by atoms with Crippen LogP contribution in [0.15, 0.2) is 29.5 Å². The Kier molecular flexibility index (Phi) is 4.93. The molecule has 44 valence electrons. The van der Waals surface area contributed by atoms with E-state index in [1.165, 1.54) is 5.56 Å². The van der Waals surface area contributed by atoms with Gasteiger partial charge >= 0.3 is 0 Å². The fraction of sp³-hybridized carbons (Fsp3) is 0.143. The Hall–Kier alpha value is 0.0634. The predicted molar refractivity (Wildman–Crippen MR) is 38.2 cm³/mol. The van der Waals surface area contributed by atoms with Gasteiger partial charge in [0.25, 0.3) is 0 Å². The molecular formula is C7H8SZn. The summed E-state index contributed by atoms with van der Waals surface area (Å²) in [7, 11) is 0. The van der Waals surface area contributed by atoms with Crippen molar-refractivity contribution in [2.24, 2.45) is 0 Å². The molecule has 1 aromatic rings. The SMILES string of the molecule is C=CCc1ccsc1.[Zn]. The minimum Gasteiger partial charge on any atom is -0.152 e. The van der Waals surface area contributed by atoms with Gasteiger partial charge in [0.15, 0.2) is 0 Å². The molecule has 0 spiro atoms. The van der Waals surface area contributed by atoms with E-state index in [4.69, 9.17) is 0 Å². The smallest absolute Gasteiger partial charge is 0 e. The van der Waals surface area contributed by atoms with Gasteiger partial charge in [-0.3, -0.25) is 0 Å². The Morgan fingerprint density at radius 1 is 1.67 bits per heavy atom. The second-order valence-corrected chi connectivity index (χ2v) is 2.40. The van der Waals surface area contributed by atoms with E-state index in [1.54, 1.807) is 11.3 Å². The molecule has 0 saturated carbocycles. The van der Waals surface area contributed by atoms with Gasteiger partial charge in [0.2, 0.25) is 0 Å². The molecule has 0 fully saturated rings. The first-order chi connectivity index (χ1) is 3.93. The van der Waals surface area contributed by atoms with E-state index in [0.29, 0.717) is 0 Å². The third-order valence-electron chi connectivity index (χ3n) is 0.960. The average molecular weight is 190 g/mol. The molecule has 1 aromatic heterocycles. The van der Waals surface area contributed by atoms with Crippen molar-refractivity contribution in [3.05, 3.63) is 35.0 Å². The summed E-state index contributed by atoms with van der Waals surface area (Å²) in [5.41, 5.74) is 1.37. The largest absolute Gasteiger partial charge is 0.152 e. The molecule has 0 atom stereocenters. The van der Waals surface area contributed by atoms with Crippen molar-refractivity contribution in [1.29, 1.82) is 0 Å². The number of thiophene rings is 1. The van der Waals surface area contributed by atoms with Crippen molar-refractivity contribution >= 4 is 11.3 Å². The third-order valence-corrected chi connectivity index (χ3v) is 1.69. The molecule has 0 unspecified atom stereocenters. The van der Waals surface area contributed by atoms with Gasteiger partial charge in [0.05, 0.1) is 0 Å². The van der Waals surface area contributed by atoms with E-state index < -0.39 is 0 Å². The number of allylic oxidation sites excluding steroid dienone is 1. The molecule has 0 bridgehead atoms. The molecule has 2 heteroatoms. The maximum Gasteiger partial charge on any atom is 0 e. The molecule has 0 N–H and O–H groups in total. The minimum atomic E-state index is 0. The molecule has 0 aliphatic carbocycles. The fourth-order valence-corrected chi connectivity index (χ4v) is 1.26. The standard InChI is InChI=1S/C7H8S.Zn/c1-2-3-7-4-5-8-6-7;/h2,4-6H,1,3H2;. The predicted octanol–water partition coefficient (Wildman–Crippen LogP) is 2.47. The summed E-state index contributed by atoms with van der Waals surface area (Å²) >= 11 is 1.73. The summed E-state index contributed by atoms with van der Waals surface area (Å²) in [5.74, 6) is 0. The van der Waals surface area contributed by atoms with Crippen LogP contribution in [0.5, 0.6) is 0 Å². The van der Waals surface area contributed by atoms with E-state index >= 15 is 0 Å². The molecular weight excluding hydrogens is 182 g/mol. The van der Waals surface area contributed by atoms with Gasteiger partial charge in [-0.2, -0.15) is 11.3 Å². The Morgan fingerprint density at radius 3 is 2.89 bits per heavy atom. The molecule has 0 aliphatic heterocycles. The molecule has 0 radical (unpaired) electrons. The van der Waals surface area contributed by atoms with Gasteiger partial charge in [-0.05, 0) is 28.8 Å². The van der Waals surface area contributed by atoms with Gasteiger partial charge in [0.1, 0.15) is 0 Å². The van der Waals surface area contributed by atoms with Crippen LogP contribution in [0.3, 0.4) is 0 Å². The quantitative estimate of drug-likeness (QED) is 0.495. The number of hydrogen-bond donors (Lipinski definition) is 0. The van der Waals surface area contributed by atoms with Crippen LogP contribution in [-0.4, -0.2) is 0 Å². The van der Waals surface area contributed by atoms with Crippen LogP contribution in [0.25, 0.3) is 0 Å². The zero-order chi connectivity index (χ0) is 5.82. The second kappa shape index (κ2) is 4.90. The Morgan fingerprint density at radius 2 is 2.44 bits per heavy atom. The zero-order valence-corrected chi connectivity index (χ0v) is 9.12. The fourth-order valence-electron chi connectivity index (χ4n) is 0.575. The summed E-state index contributed by atoms with van der Waals surface area (Å²) in [5, 5.41) is 4.22. The molecule has 0 amide bonds. The van der Waals surface area contributed by atoms with E-state index in [1.807, 2.05) is 6.08 Å². The summed E-state index contributed by atoms with van der Waals surface area (Å²) in [6, 6.07) is 2.12. The topological polar surface area (TPSA) is 0 Å². The number of rotatable bonds is 2.